The number of nitrogens with two attached hydrogens (primary N) is 1. The van der Waals surface area contributed by atoms with Crippen molar-refractivity contribution >= 4 is 70.9 Å². The lowest BCUT2D eigenvalue weighted by molar-refractivity contribution is -0.147. The normalized spacial score (nSPS) is 28.4. The van der Waals surface area contributed by atoms with Gasteiger partial charge in [0.1, 0.15) is 54.0 Å². The quantitative estimate of drug-likeness (QED) is 0.0655. The van der Waals surface area contributed by atoms with Gasteiger partial charge in [-0.15, -0.1) is 0 Å². The SMILES string of the molecule is C/C=C1/NC(=O)[C@H](CO)NC(=O)[C@@H]([C@@H](C)CC)NC(=O)[C@@H]2CCCN2C(=O)[C@@H]2CCCN2C(=O)CNC(=O)[C@@H](CCC(N)=O)NC(=O)C(O)C(CC(O)CC(O)C(O)CC(C)C)NC(=O)[C@@H]2CCCN2C(=O)[C@@H](CCc2ccccc2)NC(=O)[C@H]([C@@H](C)O)NC1=O. The van der Waals surface area contributed by atoms with E-state index in [9.17, 15) is 88.2 Å². The second-order valence-electron chi connectivity index (χ2n) is 24.4. The summed E-state index contributed by atoms with van der Waals surface area (Å²) in [6.07, 6.45) is -7.72. The topological polar surface area (TPSA) is 458 Å². The molecule has 0 aliphatic carbocycles. The van der Waals surface area contributed by atoms with Gasteiger partial charge in [0.2, 0.25) is 59.1 Å². The summed E-state index contributed by atoms with van der Waals surface area (Å²) in [7, 11) is 0. The Balaban J connectivity index is 1.54. The number of hydrogen-bond acceptors (Lipinski definition) is 18. The maximum atomic E-state index is 14.9. The van der Waals surface area contributed by atoms with Crippen molar-refractivity contribution in [1.29, 1.82) is 0 Å². The van der Waals surface area contributed by atoms with Crippen molar-refractivity contribution in [3.05, 3.63) is 47.7 Å². The molecule has 30 nitrogen and oxygen atoms in total. The molecule has 4 aliphatic heterocycles. The van der Waals surface area contributed by atoms with Crippen molar-refractivity contribution in [3.8, 4) is 0 Å². The fourth-order valence-corrected chi connectivity index (χ4v) is 11.7. The number of primary amides is 1. The summed E-state index contributed by atoms with van der Waals surface area (Å²) in [4.78, 5) is 172. The molecule has 30 heteroatoms. The molecule has 0 spiro atoms. The lowest BCUT2D eigenvalue weighted by Gasteiger charge is -2.33. The van der Waals surface area contributed by atoms with Crippen LogP contribution in [0.5, 0.6) is 0 Å². The van der Waals surface area contributed by atoms with Gasteiger partial charge in [-0.25, -0.2) is 0 Å². The van der Waals surface area contributed by atoms with Gasteiger partial charge < -0.3 is 93.6 Å². The Bertz CT molecular complexity index is 2770. The van der Waals surface area contributed by atoms with Gasteiger partial charge in [-0.1, -0.05) is 70.5 Å². The average molecular weight is 1280 g/mol. The molecule has 0 aromatic heterocycles. The monoisotopic (exact) mass is 1280 g/mol. The van der Waals surface area contributed by atoms with Crippen LogP contribution in [0.1, 0.15) is 131 Å². The van der Waals surface area contributed by atoms with Crippen LogP contribution >= 0.6 is 0 Å². The highest BCUT2D eigenvalue weighted by Gasteiger charge is 2.45. The van der Waals surface area contributed by atoms with E-state index in [0.29, 0.717) is 19.3 Å². The maximum Gasteiger partial charge on any atom is 0.268 e. The highest BCUT2D eigenvalue weighted by Crippen LogP contribution is 2.27. The molecule has 0 saturated carbocycles. The summed E-state index contributed by atoms with van der Waals surface area (Å²) >= 11 is 0. The maximum absolute atomic E-state index is 14.9. The number of carbonyl (C=O) groups is 12. The fourth-order valence-electron chi connectivity index (χ4n) is 11.7. The summed E-state index contributed by atoms with van der Waals surface area (Å²) in [5.41, 5.74) is 5.67. The lowest BCUT2D eigenvalue weighted by atomic mass is 9.94. The van der Waals surface area contributed by atoms with E-state index in [-0.39, 0.29) is 70.5 Å². The molecule has 4 saturated heterocycles. The lowest BCUT2D eigenvalue weighted by Crippen LogP contribution is -2.61. The van der Waals surface area contributed by atoms with Gasteiger partial charge in [-0.3, -0.25) is 57.5 Å². The van der Waals surface area contributed by atoms with E-state index in [0.717, 1.165) is 16.5 Å². The largest absolute Gasteiger partial charge is 0.394 e. The zero-order chi connectivity index (χ0) is 67.4. The number of hydrogen-bond donors (Lipinski definition) is 15. The Hall–Kier alpha value is -7.64. The van der Waals surface area contributed by atoms with E-state index in [1.807, 2.05) is 0 Å². The number of benzene rings is 1. The zero-order valence-electron chi connectivity index (χ0n) is 52.6. The second-order valence-corrected chi connectivity index (χ2v) is 24.4. The van der Waals surface area contributed by atoms with Crippen LogP contribution in [-0.4, -0.2) is 234 Å². The van der Waals surface area contributed by atoms with Crippen LogP contribution in [0.4, 0.5) is 0 Å². The van der Waals surface area contributed by atoms with Gasteiger partial charge in [-0.05, 0) is 102 Å². The number of amides is 12. The minimum atomic E-state index is -2.33. The van der Waals surface area contributed by atoms with Gasteiger partial charge in [0.15, 0.2) is 6.10 Å². The van der Waals surface area contributed by atoms with Gasteiger partial charge >= 0.3 is 0 Å². The molecule has 1 aromatic rings. The molecular weight excluding hydrogens is 1190 g/mol. The van der Waals surface area contributed by atoms with Crippen molar-refractivity contribution in [2.75, 3.05) is 32.8 Å². The zero-order valence-corrected chi connectivity index (χ0v) is 52.6. The molecule has 1 aromatic carbocycles. The van der Waals surface area contributed by atoms with E-state index < -0.39 is 206 Å². The Morgan fingerprint density at radius 3 is 1.78 bits per heavy atom. The van der Waals surface area contributed by atoms with E-state index in [2.05, 4.69) is 42.5 Å². The molecule has 4 fully saturated rings. The third-order valence-corrected chi connectivity index (χ3v) is 17.1. The molecule has 5 unspecified atom stereocenters. The standard InChI is InChI=1S/C61H94N12O18/c1-7-33(5)49-57(87)68-41(31-74)54(84)64-37(8-2)53(83)70-50(34(6)75)58(88)66-39(21-20-35-15-10-9-11-16-35)60(90)72-25-12-17-42(72)55(85)67-40(28-36(76)29-46(78)45(77)27-32(3)4)51(81)59(89)65-38(22-23-47(62)79)52(82)63-30-48(80)71-24-14-19-44(71)61(91)73-26-13-18-43(73)56(86)69-49/h8-11,15-16,32-34,36,38-46,49-51,74-78,81H,7,12-14,17-31H2,1-6H3,(H2,62,79)(H,63,82)(H,64,84)(H,65,89)(H,66,88)(H,67,85)(H,68,87)(H,69,86)(H,70,83)/b37-8+/t33-,34+,36?,38+,39+,40?,41-,42-,43-,44-,45?,46?,49+,50-,51?/m0/s1. The summed E-state index contributed by atoms with van der Waals surface area (Å²) < 4.78 is 0. The number of aliphatic hydroxyl groups excluding tert-OH is 6. The predicted octanol–water partition coefficient (Wildman–Crippen LogP) is -4.39. The first-order valence-corrected chi connectivity index (χ1v) is 31.4. The third-order valence-electron chi connectivity index (χ3n) is 17.1. The predicted molar refractivity (Wildman–Crippen MR) is 325 cm³/mol. The molecule has 4 heterocycles. The Labute approximate surface area is 529 Å². The first kappa shape index (κ1) is 74.1. The van der Waals surface area contributed by atoms with Crippen LogP contribution < -0.4 is 48.3 Å². The van der Waals surface area contributed by atoms with Crippen LogP contribution in [-0.2, 0) is 64.0 Å². The molecule has 5 rings (SSSR count). The third kappa shape index (κ3) is 20.9. The summed E-state index contributed by atoms with van der Waals surface area (Å²) in [6, 6.07) is -4.63. The number of rotatable bonds is 17. The Morgan fingerprint density at radius 1 is 0.637 bits per heavy atom. The van der Waals surface area contributed by atoms with Gasteiger partial charge in [0.25, 0.3) is 11.8 Å². The molecular formula is C61H94N12O18. The highest BCUT2D eigenvalue weighted by atomic mass is 16.3. The van der Waals surface area contributed by atoms with Crippen molar-refractivity contribution in [2.24, 2.45) is 17.6 Å². The van der Waals surface area contributed by atoms with E-state index in [4.69, 9.17) is 5.73 Å². The van der Waals surface area contributed by atoms with Crippen LogP contribution in [0.25, 0.3) is 0 Å². The van der Waals surface area contributed by atoms with Crippen LogP contribution in [0, 0.1) is 11.8 Å². The van der Waals surface area contributed by atoms with Gasteiger partial charge in [0, 0.05) is 32.5 Å². The van der Waals surface area contributed by atoms with Crippen molar-refractivity contribution in [2.45, 2.75) is 216 Å². The Kier molecular flexibility index (Phi) is 28.7. The number of aliphatic hydroxyl groups is 6. The summed E-state index contributed by atoms with van der Waals surface area (Å²) in [5, 5.41) is 85.9. The summed E-state index contributed by atoms with van der Waals surface area (Å²) in [5.74, 6) is -12.0. The molecule has 4 aliphatic rings. The number of allylic oxidation sites excluding steroid dienone is 1. The fraction of sp³-hybridized carbons (Fsp3) is 0.672. The molecule has 12 amide bonds. The number of nitrogens with one attached hydrogen (secondary N) is 8. The number of nitrogens with zero attached hydrogens (tertiary/aromatic N) is 3. The molecule has 0 radical (unpaired) electrons. The molecule has 16 N–H and O–H groups in total. The van der Waals surface area contributed by atoms with Crippen LogP contribution in [0.2, 0.25) is 0 Å². The minimum Gasteiger partial charge on any atom is -0.394 e. The van der Waals surface area contributed by atoms with Gasteiger partial charge in [-0.2, -0.15) is 0 Å². The van der Waals surface area contributed by atoms with Crippen molar-refractivity contribution in [3.63, 3.8) is 0 Å². The first-order chi connectivity index (χ1) is 43.1. The number of fused-ring (bicyclic) bond motifs is 3. The highest BCUT2D eigenvalue weighted by molar-refractivity contribution is 6.03. The smallest absolute Gasteiger partial charge is 0.268 e. The second kappa shape index (κ2) is 35.3. The van der Waals surface area contributed by atoms with E-state index in [1.54, 1.807) is 58.0 Å². The number of carbonyl (C=O) groups excluding carboxylic acids is 12. The van der Waals surface area contributed by atoms with E-state index in [1.165, 1.54) is 23.6 Å². The molecule has 506 valence electrons. The van der Waals surface area contributed by atoms with Crippen molar-refractivity contribution < 1.29 is 88.2 Å². The van der Waals surface area contributed by atoms with Crippen molar-refractivity contribution in [1.82, 2.24) is 57.2 Å². The summed E-state index contributed by atoms with van der Waals surface area (Å²) in [6.45, 7) is 7.81. The molecule has 15 atom stereocenters. The van der Waals surface area contributed by atoms with Crippen LogP contribution in [0.3, 0.4) is 0 Å². The van der Waals surface area contributed by atoms with E-state index >= 15 is 0 Å². The Morgan fingerprint density at radius 2 is 1.20 bits per heavy atom. The molecule has 91 heavy (non-hydrogen) atoms. The van der Waals surface area contributed by atoms with Gasteiger partial charge in [0.05, 0.1) is 43.6 Å². The minimum absolute atomic E-state index is 0.00613. The van der Waals surface area contributed by atoms with Crippen LogP contribution in [0.15, 0.2) is 42.1 Å². The molecule has 0 bridgehead atoms. The number of aryl methyl sites for hydroxylation is 1. The average Bonchev–Trinajstić information content (AvgIpc) is 1.79. The first-order valence-electron chi connectivity index (χ1n) is 31.4.